The van der Waals surface area contributed by atoms with Gasteiger partial charge in [-0.2, -0.15) is 0 Å². The molecule has 1 saturated heterocycles. The Kier molecular flexibility index (Phi) is 4.08. The molecule has 1 fully saturated rings. The lowest BCUT2D eigenvalue weighted by atomic mass is 10.3. The van der Waals surface area contributed by atoms with Gasteiger partial charge in [0.1, 0.15) is 0 Å². The molecule has 1 heterocycles. The molecule has 1 rings (SSSR count). The second-order valence-electron chi connectivity index (χ2n) is 3.91. The Morgan fingerprint density at radius 3 is 2.20 bits per heavy atom. The Hall–Kier alpha value is -1.10. The molecule has 86 valence electrons. The molecular weight excluding hydrogens is 194 g/mol. The Morgan fingerprint density at radius 2 is 1.73 bits per heavy atom. The minimum absolute atomic E-state index is 0.368. The molecule has 5 heteroatoms. The summed E-state index contributed by atoms with van der Waals surface area (Å²) in [5.41, 5.74) is 0. The van der Waals surface area contributed by atoms with E-state index in [-0.39, 0.29) is 5.91 Å². The number of amides is 2. The highest BCUT2D eigenvalue weighted by molar-refractivity contribution is 6.34. The van der Waals surface area contributed by atoms with Crippen LogP contribution in [0.25, 0.3) is 0 Å². The number of rotatable bonds is 1. The average Bonchev–Trinajstić information content (AvgIpc) is 2.27. The van der Waals surface area contributed by atoms with E-state index in [0.717, 1.165) is 13.1 Å². The fourth-order valence-corrected chi connectivity index (χ4v) is 1.45. The van der Waals surface area contributed by atoms with Crippen LogP contribution >= 0.6 is 0 Å². The highest BCUT2D eigenvalue weighted by Gasteiger charge is 2.26. The fraction of sp³-hybridized carbons (Fsp3) is 0.800. The van der Waals surface area contributed by atoms with Gasteiger partial charge in [-0.15, -0.1) is 0 Å². The zero-order valence-corrected chi connectivity index (χ0v) is 9.69. The normalized spacial score (nSPS) is 17.7. The number of likely N-dealkylation sites (N-methyl/N-ethyl adjacent to an activating group) is 2. The summed E-state index contributed by atoms with van der Waals surface area (Å²) in [6.45, 7) is 5.41. The van der Waals surface area contributed by atoms with E-state index in [1.54, 1.807) is 11.9 Å². The number of hydrogen-bond acceptors (Lipinski definition) is 3. The van der Waals surface area contributed by atoms with Crippen LogP contribution in [0.4, 0.5) is 0 Å². The van der Waals surface area contributed by atoms with Crippen LogP contribution in [0, 0.1) is 0 Å². The molecular formula is C10H19N3O2. The van der Waals surface area contributed by atoms with Crippen molar-refractivity contribution >= 4 is 11.8 Å². The molecule has 0 aromatic heterocycles. The molecule has 0 aliphatic carbocycles. The minimum Gasteiger partial charge on any atom is -0.338 e. The average molecular weight is 213 g/mol. The second kappa shape index (κ2) is 5.11. The standard InChI is InChI=1S/C10H19N3O2/c1-4-12(3)9(14)10(15)13-7-5-11(2)6-8-13/h4-8H2,1-3H3. The molecule has 15 heavy (non-hydrogen) atoms. The smallest absolute Gasteiger partial charge is 0.312 e. The first-order valence-corrected chi connectivity index (χ1v) is 5.29. The summed E-state index contributed by atoms with van der Waals surface area (Å²) < 4.78 is 0. The third-order valence-corrected chi connectivity index (χ3v) is 2.79. The van der Waals surface area contributed by atoms with Crippen molar-refractivity contribution in [1.29, 1.82) is 0 Å². The van der Waals surface area contributed by atoms with Crippen molar-refractivity contribution in [3.05, 3.63) is 0 Å². The molecule has 0 aromatic rings. The largest absolute Gasteiger partial charge is 0.338 e. The molecule has 0 N–H and O–H groups in total. The van der Waals surface area contributed by atoms with Gasteiger partial charge < -0.3 is 14.7 Å². The van der Waals surface area contributed by atoms with Crippen LogP contribution in [-0.4, -0.2) is 73.3 Å². The van der Waals surface area contributed by atoms with Crippen molar-refractivity contribution in [3.63, 3.8) is 0 Å². The summed E-state index contributed by atoms with van der Waals surface area (Å²) in [6, 6.07) is 0. The van der Waals surface area contributed by atoms with Crippen LogP contribution < -0.4 is 0 Å². The molecule has 0 unspecified atom stereocenters. The first-order chi connectivity index (χ1) is 7.06. The van der Waals surface area contributed by atoms with Gasteiger partial charge in [0, 0.05) is 39.8 Å². The molecule has 1 aliphatic heterocycles. The lowest BCUT2D eigenvalue weighted by Crippen LogP contribution is -2.51. The van der Waals surface area contributed by atoms with Crippen LogP contribution in [0.5, 0.6) is 0 Å². The first-order valence-electron chi connectivity index (χ1n) is 5.29. The lowest BCUT2D eigenvalue weighted by molar-refractivity contribution is -0.151. The number of piperazine rings is 1. The van der Waals surface area contributed by atoms with Gasteiger partial charge in [-0.1, -0.05) is 0 Å². The summed E-state index contributed by atoms with van der Waals surface area (Å²) in [7, 11) is 3.66. The van der Waals surface area contributed by atoms with Crippen LogP contribution in [0.2, 0.25) is 0 Å². The van der Waals surface area contributed by atoms with E-state index >= 15 is 0 Å². The maximum Gasteiger partial charge on any atom is 0.312 e. The molecule has 0 radical (unpaired) electrons. The van der Waals surface area contributed by atoms with E-state index in [2.05, 4.69) is 4.90 Å². The first kappa shape index (κ1) is 12.0. The molecule has 0 saturated carbocycles. The predicted molar refractivity (Wildman–Crippen MR) is 57.4 cm³/mol. The van der Waals surface area contributed by atoms with Gasteiger partial charge in [0.15, 0.2) is 0 Å². The highest BCUT2D eigenvalue weighted by Crippen LogP contribution is 2.01. The topological polar surface area (TPSA) is 43.9 Å². The SMILES string of the molecule is CCN(C)C(=O)C(=O)N1CCN(C)CC1. The summed E-state index contributed by atoms with van der Waals surface area (Å²) in [4.78, 5) is 28.5. The van der Waals surface area contributed by atoms with Crippen LogP contribution in [0.3, 0.4) is 0 Å². The van der Waals surface area contributed by atoms with Crippen molar-refractivity contribution in [2.45, 2.75) is 6.92 Å². The quantitative estimate of drug-likeness (QED) is 0.538. The zero-order chi connectivity index (χ0) is 11.4. The molecule has 0 aromatic carbocycles. The maximum atomic E-state index is 11.7. The lowest BCUT2D eigenvalue weighted by Gasteiger charge is -2.32. The predicted octanol–water partition coefficient (Wildman–Crippen LogP) is -0.761. The van der Waals surface area contributed by atoms with E-state index in [1.165, 1.54) is 4.90 Å². The molecule has 2 amide bonds. The molecule has 0 bridgehead atoms. The van der Waals surface area contributed by atoms with Gasteiger partial charge in [0.25, 0.3) is 0 Å². The summed E-state index contributed by atoms with van der Waals surface area (Å²) in [6.07, 6.45) is 0. The molecule has 0 spiro atoms. The molecule has 0 atom stereocenters. The van der Waals surface area contributed by atoms with Crippen molar-refractivity contribution < 1.29 is 9.59 Å². The third kappa shape index (κ3) is 2.92. The van der Waals surface area contributed by atoms with Crippen LogP contribution in [-0.2, 0) is 9.59 Å². The van der Waals surface area contributed by atoms with E-state index in [0.29, 0.717) is 19.6 Å². The Bertz CT molecular complexity index is 247. The summed E-state index contributed by atoms with van der Waals surface area (Å²) >= 11 is 0. The van der Waals surface area contributed by atoms with Gasteiger partial charge in [0.2, 0.25) is 0 Å². The van der Waals surface area contributed by atoms with Gasteiger partial charge >= 0.3 is 11.8 Å². The molecule has 5 nitrogen and oxygen atoms in total. The van der Waals surface area contributed by atoms with Crippen molar-refractivity contribution in [1.82, 2.24) is 14.7 Å². The Balaban J connectivity index is 2.50. The maximum absolute atomic E-state index is 11.7. The Morgan fingerprint density at radius 1 is 1.20 bits per heavy atom. The highest BCUT2D eigenvalue weighted by atomic mass is 16.2. The van der Waals surface area contributed by atoms with Crippen LogP contribution in [0.15, 0.2) is 0 Å². The van der Waals surface area contributed by atoms with Crippen molar-refractivity contribution in [2.24, 2.45) is 0 Å². The van der Waals surface area contributed by atoms with Crippen molar-refractivity contribution in [2.75, 3.05) is 46.8 Å². The zero-order valence-electron chi connectivity index (χ0n) is 9.69. The number of carbonyl (C=O) groups is 2. The van der Waals surface area contributed by atoms with Gasteiger partial charge in [0.05, 0.1) is 0 Å². The van der Waals surface area contributed by atoms with E-state index in [4.69, 9.17) is 0 Å². The second-order valence-corrected chi connectivity index (χ2v) is 3.91. The number of carbonyl (C=O) groups excluding carboxylic acids is 2. The monoisotopic (exact) mass is 213 g/mol. The van der Waals surface area contributed by atoms with Crippen LogP contribution in [0.1, 0.15) is 6.92 Å². The number of nitrogens with zero attached hydrogens (tertiary/aromatic N) is 3. The minimum atomic E-state index is -0.401. The van der Waals surface area contributed by atoms with E-state index < -0.39 is 5.91 Å². The van der Waals surface area contributed by atoms with Crippen molar-refractivity contribution in [3.8, 4) is 0 Å². The van der Waals surface area contributed by atoms with Gasteiger partial charge in [-0.3, -0.25) is 9.59 Å². The van der Waals surface area contributed by atoms with E-state index in [9.17, 15) is 9.59 Å². The van der Waals surface area contributed by atoms with Gasteiger partial charge in [-0.25, -0.2) is 0 Å². The summed E-state index contributed by atoms with van der Waals surface area (Å²) in [5.74, 6) is -0.769. The third-order valence-electron chi connectivity index (χ3n) is 2.79. The van der Waals surface area contributed by atoms with E-state index in [1.807, 2.05) is 14.0 Å². The van der Waals surface area contributed by atoms with Gasteiger partial charge in [-0.05, 0) is 14.0 Å². The summed E-state index contributed by atoms with van der Waals surface area (Å²) in [5, 5.41) is 0. The Labute approximate surface area is 90.6 Å². The fourth-order valence-electron chi connectivity index (χ4n) is 1.45. The number of hydrogen-bond donors (Lipinski definition) is 0. The molecule has 1 aliphatic rings.